The van der Waals surface area contributed by atoms with Crippen LogP contribution in [0.2, 0.25) is 0 Å². The summed E-state index contributed by atoms with van der Waals surface area (Å²) in [7, 11) is -3.72. The molecular weight excluding hydrogens is 483 g/mol. The molecule has 0 saturated heterocycles. The first-order valence-corrected chi connectivity index (χ1v) is 11.4. The number of aromatic nitrogens is 1. The van der Waals surface area contributed by atoms with Gasteiger partial charge in [0.05, 0.1) is 27.5 Å². The first-order chi connectivity index (χ1) is 13.4. The maximum absolute atomic E-state index is 13.4. The van der Waals surface area contributed by atoms with Gasteiger partial charge in [0.15, 0.2) is 0 Å². The maximum atomic E-state index is 13.4. The van der Waals surface area contributed by atoms with Gasteiger partial charge in [0.2, 0.25) is 0 Å². The van der Waals surface area contributed by atoms with Crippen molar-refractivity contribution in [2.75, 3.05) is 5.32 Å². The standard InChI is InChI=1S/C22H19IN2O2S/c1-15-11-13-17(14-12-15)28(26,27)25-16(2)22(18-7-3-6-10-21(18)25)24-20-9-5-4-8-19(20)23/h3-14,24H,1-2H3. The fourth-order valence-electron chi connectivity index (χ4n) is 3.32. The molecule has 0 aliphatic carbocycles. The minimum atomic E-state index is -3.72. The Labute approximate surface area is 178 Å². The van der Waals surface area contributed by atoms with Crippen molar-refractivity contribution in [2.45, 2.75) is 18.7 Å². The van der Waals surface area contributed by atoms with Crippen LogP contribution in [0.25, 0.3) is 10.9 Å². The molecule has 4 rings (SSSR count). The lowest BCUT2D eigenvalue weighted by Crippen LogP contribution is -2.14. The summed E-state index contributed by atoms with van der Waals surface area (Å²) in [6, 6.07) is 22.5. The number of rotatable bonds is 4. The average Bonchev–Trinajstić information content (AvgIpc) is 2.96. The summed E-state index contributed by atoms with van der Waals surface area (Å²) in [6.45, 7) is 3.78. The van der Waals surface area contributed by atoms with Crippen molar-refractivity contribution in [2.24, 2.45) is 0 Å². The third-order valence-electron chi connectivity index (χ3n) is 4.75. The molecule has 0 spiro atoms. The fourth-order valence-corrected chi connectivity index (χ4v) is 5.40. The molecule has 0 fully saturated rings. The normalized spacial score (nSPS) is 11.7. The molecule has 4 aromatic rings. The maximum Gasteiger partial charge on any atom is 0.268 e. The Bertz CT molecular complexity index is 1280. The summed E-state index contributed by atoms with van der Waals surface area (Å²) in [5.41, 5.74) is 4.08. The zero-order valence-corrected chi connectivity index (χ0v) is 18.5. The number of halogens is 1. The summed E-state index contributed by atoms with van der Waals surface area (Å²) in [5, 5.41) is 4.31. The van der Waals surface area contributed by atoms with E-state index in [1.165, 1.54) is 3.97 Å². The number of hydrogen-bond acceptors (Lipinski definition) is 3. The van der Waals surface area contributed by atoms with Crippen molar-refractivity contribution < 1.29 is 8.42 Å². The van der Waals surface area contributed by atoms with Gasteiger partial charge < -0.3 is 5.32 Å². The number of nitrogens with zero attached hydrogens (tertiary/aromatic N) is 1. The van der Waals surface area contributed by atoms with Crippen molar-refractivity contribution in [3.8, 4) is 0 Å². The molecule has 0 saturated carbocycles. The molecule has 0 radical (unpaired) electrons. The zero-order valence-electron chi connectivity index (χ0n) is 15.5. The Kier molecular flexibility index (Phi) is 4.93. The van der Waals surface area contributed by atoms with Gasteiger partial charge in [-0.15, -0.1) is 0 Å². The van der Waals surface area contributed by atoms with Crippen LogP contribution >= 0.6 is 22.6 Å². The van der Waals surface area contributed by atoms with Crippen LogP contribution in [0.1, 0.15) is 11.3 Å². The average molecular weight is 502 g/mol. The van der Waals surface area contributed by atoms with Crippen LogP contribution in [0.15, 0.2) is 77.7 Å². The molecule has 4 nitrogen and oxygen atoms in total. The van der Waals surface area contributed by atoms with Crippen molar-refractivity contribution in [1.29, 1.82) is 0 Å². The van der Waals surface area contributed by atoms with Crippen LogP contribution in [0.3, 0.4) is 0 Å². The molecule has 0 amide bonds. The Morgan fingerprint density at radius 3 is 2.21 bits per heavy atom. The number of para-hydroxylation sites is 2. The van der Waals surface area contributed by atoms with Gasteiger partial charge in [0.1, 0.15) is 0 Å². The lowest BCUT2D eigenvalue weighted by molar-refractivity contribution is 0.588. The van der Waals surface area contributed by atoms with Crippen LogP contribution in [-0.4, -0.2) is 12.4 Å². The van der Waals surface area contributed by atoms with Gasteiger partial charge in [-0.05, 0) is 66.8 Å². The Morgan fingerprint density at radius 1 is 0.857 bits per heavy atom. The van der Waals surface area contributed by atoms with Crippen LogP contribution in [0, 0.1) is 17.4 Å². The second kappa shape index (κ2) is 7.25. The van der Waals surface area contributed by atoms with Crippen LogP contribution < -0.4 is 5.32 Å². The summed E-state index contributed by atoms with van der Waals surface area (Å²) in [4.78, 5) is 0.280. The highest BCUT2D eigenvalue weighted by molar-refractivity contribution is 14.1. The van der Waals surface area contributed by atoms with Crippen molar-refractivity contribution >= 4 is 54.9 Å². The smallest absolute Gasteiger partial charge is 0.268 e. The van der Waals surface area contributed by atoms with Crippen LogP contribution in [0.4, 0.5) is 11.4 Å². The van der Waals surface area contributed by atoms with E-state index in [4.69, 9.17) is 0 Å². The van der Waals surface area contributed by atoms with Crippen LogP contribution in [-0.2, 0) is 10.0 Å². The van der Waals surface area contributed by atoms with E-state index in [1.54, 1.807) is 12.1 Å². The molecular formula is C22H19IN2O2S. The molecule has 0 atom stereocenters. The van der Waals surface area contributed by atoms with E-state index in [1.807, 2.05) is 74.5 Å². The highest BCUT2D eigenvalue weighted by atomic mass is 127. The molecule has 1 aromatic heterocycles. The first-order valence-electron chi connectivity index (χ1n) is 8.83. The molecule has 0 aliphatic rings. The third-order valence-corrected chi connectivity index (χ3v) is 7.51. The Morgan fingerprint density at radius 2 is 1.50 bits per heavy atom. The molecule has 1 N–H and O–H groups in total. The first kappa shape index (κ1) is 19.0. The molecule has 1 heterocycles. The molecule has 142 valence electrons. The summed E-state index contributed by atoms with van der Waals surface area (Å²) < 4.78 is 29.4. The van der Waals surface area contributed by atoms with E-state index in [0.29, 0.717) is 11.2 Å². The second-order valence-electron chi connectivity index (χ2n) is 6.66. The quantitative estimate of drug-likeness (QED) is 0.357. The molecule has 28 heavy (non-hydrogen) atoms. The SMILES string of the molecule is Cc1ccc(S(=O)(=O)n2c(C)c(Nc3ccccc3I)c3ccccc32)cc1. The molecule has 0 bridgehead atoms. The van der Waals surface area contributed by atoms with E-state index in [0.717, 1.165) is 25.9 Å². The highest BCUT2D eigenvalue weighted by Gasteiger charge is 2.25. The largest absolute Gasteiger partial charge is 0.353 e. The number of fused-ring (bicyclic) bond motifs is 1. The monoisotopic (exact) mass is 502 g/mol. The number of aryl methyl sites for hydroxylation is 1. The van der Waals surface area contributed by atoms with E-state index >= 15 is 0 Å². The van der Waals surface area contributed by atoms with E-state index in [9.17, 15) is 8.42 Å². The zero-order chi connectivity index (χ0) is 19.9. The van der Waals surface area contributed by atoms with E-state index in [-0.39, 0.29) is 4.90 Å². The number of nitrogens with one attached hydrogen (secondary N) is 1. The number of benzene rings is 3. The molecule has 0 aliphatic heterocycles. The Balaban J connectivity index is 1.94. The minimum absolute atomic E-state index is 0.280. The second-order valence-corrected chi connectivity index (χ2v) is 9.61. The summed E-state index contributed by atoms with van der Waals surface area (Å²) in [5.74, 6) is 0. The lowest BCUT2D eigenvalue weighted by atomic mass is 10.2. The van der Waals surface area contributed by atoms with Gasteiger partial charge in [0.25, 0.3) is 10.0 Å². The fraction of sp³-hybridized carbons (Fsp3) is 0.0909. The van der Waals surface area contributed by atoms with Gasteiger partial charge in [-0.3, -0.25) is 0 Å². The van der Waals surface area contributed by atoms with Gasteiger partial charge >= 0.3 is 0 Å². The minimum Gasteiger partial charge on any atom is -0.353 e. The van der Waals surface area contributed by atoms with Crippen molar-refractivity contribution in [3.05, 3.63) is 87.6 Å². The number of hydrogen-bond donors (Lipinski definition) is 1. The molecule has 6 heteroatoms. The summed E-state index contributed by atoms with van der Waals surface area (Å²) in [6.07, 6.45) is 0. The molecule has 3 aromatic carbocycles. The molecule has 0 unspecified atom stereocenters. The van der Waals surface area contributed by atoms with Crippen molar-refractivity contribution in [3.63, 3.8) is 0 Å². The van der Waals surface area contributed by atoms with Gasteiger partial charge in [-0.2, -0.15) is 0 Å². The summed E-state index contributed by atoms with van der Waals surface area (Å²) >= 11 is 2.27. The van der Waals surface area contributed by atoms with Gasteiger partial charge in [0, 0.05) is 8.96 Å². The predicted octanol–water partition coefficient (Wildman–Crippen LogP) is 5.84. The van der Waals surface area contributed by atoms with Crippen molar-refractivity contribution in [1.82, 2.24) is 3.97 Å². The third kappa shape index (κ3) is 3.20. The van der Waals surface area contributed by atoms with Crippen LogP contribution in [0.5, 0.6) is 0 Å². The number of anilines is 2. The topological polar surface area (TPSA) is 51.1 Å². The highest BCUT2D eigenvalue weighted by Crippen LogP contribution is 2.36. The van der Waals surface area contributed by atoms with Gasteiger partial charge in [-0.1, -0.05) is 48.0 Å². The van der Waals surface area contributed by atoms with E-state index in [2.05, 4.69) is 27.9 Å². The predicted molar refractivity (Wildman–Crippen MR) is 123 cm³/mol. The van der Waals surface area contributed by atoms with E-state index < -0.39 is 10.0 Å². The lowest BCUT2D eigenvalue weighted by Gasteiger charge is -2.12. The Hall–Kier alpha value is -2.32. The van der Waals surface area contributed by atoms with Gasteiger partial charge in [-0.25, -0.2) is 12.4 Å².